The van der Waals surface area contributed by atoms with Crippen molar-refractivity contribution in [2.75, 3.05) is 0 Å². The van der Waals surface area contributed by atoms with Crippen LogP contribution in [0.4, 0.5) is 0 Å². The zero-order valence-corrected chi connectivity index (χ0v) is 24.7. The summed E-state index contributed by atoms with van der Waals surface area (Å²) in [6.45, 7) is 4.17. The van der Waals surface area contributed by atoms with Crippen LogP contribution >= 0.6 is 11.6 Å². The standard InChI is InChI=1S/C35H40ClN3O2/c1-21(2)33(29-5-3-4-6-31(29)36)37-35(41)27-15-16-32-30(20-27)34(39-38-32)24-11-7-22(8-12-24)9-13-25-17-23-10-14-26(25)19-28(40)18-23/h3-8,11-12,15-16,20-21,23,25-26,28,33,40H,9-10,13-14,17-19H2,1-2H3,(H,37,41)(H,38,39). The highest BCUT2D eigenvalue weighted by Crippen LogP contribution is 2.44. The van der Waals surface area contributed by atoms with Crippen LogP contribution in [-0.2, 0) is 6.42 Å². The minimum atomic E-state index is -0.193. The summed E-state index contributed by atoms with van der Waals surface area (Å²) in [5, 5.41) is 22.8. The summed E-state index contributed by atoms with van der Waals surface area (Å²) < 4.78 is 0. The molecule has 3 aromatic carbocycles. The molecule has 0 radical (unpaired) electrons. The number of amides is 1. The number of nitrogens with zero attached hydrogens (tertiary/aromatic N) is 1. The first-order valence-electron chi connectivity index (χ1n) is 15.2. The Hall–Kier alpha value is -3.15. The first kappa shape index (κ1) is 28.0. The number of aromatic nitrogens is 2. The number of benzene rings is 3. The van der Waals surface area contributed by atoms with E-state index in [1.165, 1.54) is 31.2 Å². The fraction of sp³-hybridized carbons (Fsp3) is 0.429. The predicted octanol–water partition coefficient (Wildman–Crippen LogP) is 8.13. The molecule has 5 atom stereocenters. The summed E-state index contributed by atoms with van der Waals surface area (Å²) in [4.78, 5) is 13.4. The van der Waals surface area contributed by atoms with Gasteiger partial charge in [0.1, 0.15) is 0 Å². The molecule has 0 spiro atoms. The molecule has 5 nitrogen and oxygen atoms in total. The minimum absolute atomic E-state index is 0.0916. The van der Waals surface area contributed by atoms with Crippen molar-refractivity contribution >= 4 is 28.4 Å². The Morgan fingerprint density at radius 1 is 1.05 bits per heavy atom. The van der Waals surface area contributed by atoms with Crippen molar-refractivity contribution in [3.8, 4) is 11.3 Å². The zero-order chi connectivity index (χ0) is 28.5. The summed E-state index contributed by atoms with van der Waals surface area (Å²) in [5.41, 5.74) is 5.64. The van der Waals surface area contributed by atoms with Crippen molar-refractivity contribution < 1.29 is 9.90 Å². The molecular weight excluding hydrogens is 530 g/mol. The van der Waals surface area contributed by atoms with Gasteiger partial charge in [-0.2, -0.15) is 5.10 Å². The molecule has 3 aliphatic rings. The average Bonchev–Trinajstić information content (AvgIpc) is 3.22. The monoisotopic (exact) mass is 569 g/mol. The largest absolute Gasteiger partial charge is 0.393 e. The van der Waals surface area contributed by atoms with Gasteiger partial charge in [0.2, 0.25) is 0 Å². The van der Waals surface area contributed by atoms with Crippen molar-refractivity contribution in [1.82, 2.24) is 15.5 Å². The average molecular weight is 570 g/mol. The molecule has 6 heteroatoms. The molecule has 3 aliphatic carbocycles. The highest BCUT2D eigenvalue weighted by atomic mass is 35.5. The Kier molecular flexibility index (Phi) is 8.19. The quantitative estimate of drug-likeness (QED) is 0.200. The van der Waals surface area contributed by atoms with Crippen molar-refractivity contribution in [3.05, 3.63) is 88.4 Å². The smallest absolute Gasteiger partial charge is 0.251 e. The zero-order valence-electron chi connectivity index (χ0n) is 23.9. The van der Waals surface area contributed by atoms with E-state index in [4.69, 9.17) is 11.6 Å². The van der Waals surface area contributed by atoms with Gasteiger partial charge in [-0.1, -0.05) is 74.3 Å². The van der Waals surface area contributed by atoms with Crippen LogP contribution in [0, 0.1) is 23.7 Å². The number of aromatic amines is 1. The lowest BCUT2D eigenvalue weighted by atomic mass is 9.73. The molecular formula is C35H40ClN3O2. The third-order valence-electron chi connectivity index (χ3n) is 9.48. The van der Waals surface area contributed by atoms with Crippen LogP contribution in [0.1, 0.15) is 79.9 Å². The van der Waals surface area contributed by atoms with E-state index in [9.17, 15) is 9.90 Å². The van der Waals surface area contributed by atoms with E-state index < -0.39 is 0 Å². The van der Waals surface area contributed by atoms with E-state index in [0.717, 1.165) is 52.9 Å². The number of aliphatic hydroxyl groups excluding tert-OH is 1. The number of aryl methyl sites for hydroxylation is 1. The molecule has 1 amide bonds. The van der Waals surface area contributed by atoms with E-state index in [2.05, 4.69) is 53.6 Å². The number of rotatable bonds is 8. The van der Waals surface area contributed by atoms with Gasteiger partial charge in [-0.3, -0.25) is 9.89 Å². The molecule has 1 heterocycles. The topological polar surface area (TPSA) is 78.0 Å². The Bertz CT molecular complexity index is 1510. The molecule has 4 aromatic rings. The van der Waals surface area contributed by atoms with Gasteiger partial charge in [-0.05, 0) is 97.6 Å². The van der Waals surface area contributed by atoms with Crippen molar-refractivity contribution in [1.29, 1.82) is 0 Å². The van der Waals surface area contributed by atoms with E-state index in [1.807, 2.05) is 42.5 Å². The van der Waals surface area contributed by atoms with Crippen LogP contribution in [0.3, 0.4) is 0 Å². The van der Waals surface area contributed by atoms with E-state index in [1.54, 1.807) is 0 Å². The maximum absolute atomic E-state index is 13.4. The van der Waals surface area contributed by atoms with Crippen LogP contribution in [0.5, 0.6) is 0 Å². The molecule has 2 bridgehead atoms. The normalized spacial score (nSPS) is 23.0. The summed E-state index contributed by atoms with van der Waals surface area (Å²) in [6.07, 6.45) is 8.04. The molecule has 3 fully saturated rings. The molecule has 3 saturated carbocycles. The fourth-order valence-corrected chi connectivity index (χ4v) is 7.50. The number of aliphatic hydroxyl groups is 1. The number of nitrogens with one attached hydrogen (secondary N) is 2. The predicted molar refractivity (Wildman–Crippen MR) is 166 cm³/mol. The highest BCUT2D eigenvalue weighted by Gasteiger charge is 2.36. The lowest BCUT2D eigenvalue weighted by Crippen LogP contribution is -2.31. The molecule has 214 valence electrons. The van der Waals surface area contributed by atoms with E-state index in [-0.39, 0.29) is 24.0 Å². The van der Waals surface area contributed by atoms with Crippen molar-refractivity contribution in [3.63, 3.8) is 0 Å². The second kappa shape index (κ2) is 12.0. The summed E-state index contributed by atoms with van der Waals surface area (Å²) in [5.74, 6) is 2.18. The Labute approximate surface area is 247 Å². The lowest BCUT2D eigenvalue weighted by Gasteiger charge is -2.32. The van der Waals surface area contributed by atoms with Gasteiger partial charge >= 0.3 is 0 Å². The number of halogens is 1. The fourth-order valence-electron chi connectivity index (χ4n) is 7.24. The van der Waals surface area contributed by atoms with Crippen LogP contribution < -0.4 is 5.32 Å². The third-order valence-corrected chi connectivity index (χ3v) is 9.82. The Balaban J connectivity index is 1.16. The molecule has 7 rings (SSSR count). The minimum Gasteiger partial charge on any atom is -0.393 e. The number of hydrogen-bond donors (Lipinski definition) is 3. The van der Waals surface area contributed by atoms with Crippen molar-refractivity contribution in [2.24, 2.45) is 23.7 Å². The summed E-state index contributed by atoms with van der Waals surface area (Å²) in [6, 6.07) is 21.9. The lowest BCUT2D eigenvalue weighted by molar-refractivity contribution is 0.0925. The molecule has 0 saturated heterocycles. The van der Waals surface area contributed by atoms with Gasteiger partial charge in [-0.15, -0.1) is 0 Å². The number of fused-ring (bicyclic) bond motifs is 5. The van der Waals surface area contributed by atoms with Gasteiger partial charge in [0.25, 0.3) is 5.91 Å². The maximum Gasteiger partial charge on any atom is 0.251 e. The third kappa shape index (κ3) is 6.07. The van der Waals surface area contributed by atoms with E-state index in [0.29, 0.717) is 22.4 Å². The molecule has 41 heavy (non-hydrogen) atoms. The number of carbonyl (C=O) groups excluding carboxylic acids is 1. The van der Waals surface area contributed by atoms with Gasteiger partial charge in [0, 0.05) is 21.5 Å². The van der Waals surface area contributed by atoms with Gasteiger partial charge in [0.05, 0.1) is 23.4 Å². The van der Waals surface area contributed by atoms with Gasteiger partial charge in [-0.25, -0.2) is 0 Å². The molecule has 5 unspecified atom stereocenters. The van der Waals surface area contributed by atoms with Crippen LogP contribution in [-0.4, -0.2) is 27.3 Å². The first-order valence-corrected chi connectivity index (χ1v) is 15.5. The van der Waals surface area contributed by atoms with Crippen LogP contribution in [0.15, 0.2) is 66.7 Å². The maximum atomic E-state index is 13.4. The van der Waals surface area contributed by atoms with Crippen LogP contribution in [0.2, 0.25) is 5.02 Å². The van der Waals surface area contributed by atoms with Gasteiger partial charge < -0.3 is 10.4 Å². The SMILES string of the molecule is CC(C)C(NC(=O)c1ccc2[nH]nc(-c3ccc(CCC4CC5CCC4CC(O)C5)cc3)c2c1)c1ccccc1Cl. The Morgan fingerprint density at radius 2 is 1.85 bits per heavy atom. The molecule has 0 aliphatic heterocycles. The van der Waals surface area contributed by atoms with Crippen molar-refractivity contribution in [2.45, 2.75) is 70.9 Å². The Morgan fingerprint density at radius 3 is 2.63 bits per heavy atom. The number of hydrogen-bond acceptors (Lipinski definition) is 3. The number of carbonyl (C=O) groups is 1. The molecule has 3 N–H and O–H groups in total. The number of H-pyrrole nitrogens is 1. The first-order chi connectivity index (χ1) is 19.9. The second-order valence-corrected chi connectivity index (χ2v) is 13.0. The highest BCUT2D eigenvalue weighted by molar-refractivity contribution is 6.31. The van der Waals surface area contributed by atoms with Crippen LogP contribution in [0.25, 0.3) is 22.2 Å². The molecule has 1 aromatic heterocycles. The summed E-state index contributed by atoms with van der Waals surface area (Å²) >= 11 is 6.47. The second-order valence-electron chi connectivity index (χ2n) is 12.6. The van der Waals surface area contributed by atoms with E-state index >= 15 is 0 Å². The van der Waals surface area contributed by atoms with Gasteiger partial charge in [0.15, 0.2) is 0 Å². The summed E-state index contributed by atoms with van der Waals surface area (Å²) in [7, 11) is 0.